The molecule has 0 fully saturated rings. The molecule has 0 aliphatic carbocycles. The second-order valence-electron chi connectivity index (χ2n) is 3.63. The highest BCUT2D eigenvalue weighted by atomic mass is 31.2. The summed E-state index contributed by atoms with van der Waals surface area (Å²) >= 11 is 0. The molecule has 15 nitrogen and oxygen atoms in total. The Morgan fingerprint density at radius 1 is 0.783 bits per heavy atom. The van der Waals surface area contributed by atoms with Crippen molar-refractivity contribution in [3.05, 3.63) is 0 Å². The largest absolute Gasteiger partial charge is 0.470 e. The van der Waals surface area contributed by atoms with E-state index in [-0.39, 0.29) is 0 Å². The van der Waals surface area contributed by atoms with Crippen LogP contribution >= 0.6 is 31.7 Å². The van der Waals surface area contributed by atoms with Crippen LogP contribution in [-0.2, 0) is 36.4 Å². The van der Waals surface area contributed by atoms with Gasteiger partial charge in [0.05, 0.1) is 13.2 Å². The summed E-state index contributed by atoms with van der Waals surface area (Å²) in [6.07, 6.45) is -4.28. The van der Waals surface area contributed by atoms with Crippen molar-refractivity contribution in [3.8, 4) is 0 Å². The van der Waals surface area contributed by atoms with Gasteiger partial charge in [-0.05, 0) is 0 Å². The molecule has 0 bridgehead atoms. The van der Waals surface area contributed by atoms with E-state index < -0.39 is 57.1 Å². The molecule has 23 heavy (non-hydrogen) atoms. The molecular formula is C4H14O15P4. The van der Waals surface area contributed by atoms with Gasteiger partial charge >= 0.3 is 31.7 Å². The molecule has 0 saturated heterocycles. The first-order valence-electron chi connectivity index (χ1n) is 5.13. The Kier molecular flexibility index (Phi) is 9.45. The van der Waals surface area contributed by atoms with E-state index in [1.165, 1.54) is 0 Å². The zero-order chi connectivity index (χ0) is 18.5. The average Bonchev–Trinajstić information content (AvgIpc) is 2.25. The van der Waals surface area contributed by atoms with Crippen LogP contribution in [0.3, 0.4) is 0 Å². The van der Waals surface area contributed by atoms with Gasteiger partial charge in [0.25, 0.3) is 0 Å². The van der Waals surface area contributed by atoms with Gasteiger partial charge in [-0.1, -0.05) is 0 Å². The fourth-order valence-corrected chi connectivity index (χ4v) is 2.83. The van der Waals surface area contributed by atoms with Gasteiger partial charge in [-0.15, -0.1) is 0 Å². The molecule has 3 atom stereocenters. The number of phosphoric ester groups is 3. The van der Waals surface area contributed by atoms with Gasteiger partial charge in [0.2, 0.25) is 0 Å². The van der Waals surface area contributed by atoms with Crippen LogP contribution in [0, 0.1) is 0 Å². The topological polar surface area (TPSA) is 247 Å². The molecule has 0 aromatic heterocycles. The summed E-state index contributed by atoms with van der Waals surface area (Å²) in [7, 11) is -19.4. The molecule has 7 N–H and O–H groups in total. The van der Waals surface area contributed by atoms with Crippen LogP contribution in [0.15, 0.2) is 0 Å². The molecule has 19 heteroatoms. The SMILES string of the molecule is O=[PH](O)OC[C@H](OP(=O)(O)O)[C@@H](COP(=O)(O)O)OP(=O)(O)O. The lowest BCUT2D eigenvalue weighted by molar-refractivity contribution is -0.0310. The Bertz CT molecular complexity index is 526. The van der Waals surface area contributed by atoms with E-state index in [4.69, 9.17) is 34.3 Å². The van der Waals surface area contributed by atoms with E-state index in [2.05, 4.69) is 18.1 Å². The second-order valence-corrected chi connectivity index (χ2v) is 8.08. The molecule has 0 aliphatic heterocycles. The minimum atomic E-state index is -5.32. The highest BCUT2D eigenvalue weighted by Gasteiger charge is 2.37. The van der Waals surface area contributed by atoms with E-state index >= 15 is 0 Å². The van der Waals surface area contributed by atoms with Gasteiger partial charge in [-0.25, -0.2) is 13.7 Å². The molecule has 0 radical (unpaired) electrons. The molecule has 0 aromatic rings. The molecule has 1 unspecified atom stereocenters. The quantitative estimate of drug-likeness (QED) is 0.185. The molecule has 0 saturated carbocycles. The average molecular weight is 426 g/mol. The Morgan fingerprint density at radius 3 is 1.48 bits per heavy atom. The van der Waals surface area contributed by atoms with Crippen LogP contribution in [0.2, 0.25) is 0 Å². The van der Waals surface area contributed by atoms with E-state index in [9.17, 15) is 18.3 Å². The number of hydrogen-bond donors (Lipinski definition) is 7. The summed E-state index contributed by atoms with van der Waals surface area (Å²) in [4.78, 5) is 60.3. The number of hydrogen-bond acceptors (Lipinski definition) is 8. The van der Waals surface area contributed by atoms with Crippen LogP contribution in [-0.4, -0.2) is 59.7 Å². The fourth-order valence-electron chi connectivity index (χ4n) is 1.09. The highest BCUT2D eigenvalue weighted by molar-refractivity contribution is 7.47. The summed E-state index contributed by atoms with van der Waals surface area (Å²) in [6, 6.07) is 0. The number of phosphoric acid groups is 3. The van der Waals surface area contributed by atoms with E-state index in [0.717, 1.165) is 0 Å². The first-order chi connectivity index (χ1) is 10.1. The van der Waals surface area contributed by atoms with Gasteiger partial charge in [0.15, 0.2) is 0 Å². The van der Waals surface area contributed by atoms with E-state index in [0.29, 0.717) is 0 Å². The maximum Gasteiger partial charge on any atom is 0.470 e. The standard InChI is InChI=1S/C4H14O15P4/c5-20(6)16-1-3(18-22(10,11)12)4(19-23(13,14)15)2-17-21(7,8)9/h3-4,20H,1-2H2,(H,5,6)(H2,7,8,9)(H2,10,11,12)(H2,13,14,15)/t3-,4+/m0/s1. The molecular weight excluding hydrogens is 412 g/mol. The van der Waals surface area contributed by atoms with Crippen LogP contribution in [0.1, 0.15) is 0 Å². The predicted octanol–water partition coefficient (Wildman–Crippen LogP) is -1.55. The van der Waals surface area contributed by atoms with Crippen molar-refractivity contribution in [2.24, 2.45) is 0 Å². The minimum absolute atomic E-state index is 1.12. The van der Waals surface area contributed by atoms with Crippen LogP contribution in [0.5, 0.6) is 0 Å². The molecule has 0 amide bonds. The Labute approximate surface area is 128 Å². The summed E-state index contributed by atoms with van der Waals surface area (Å²) < 4.78 is 58.8. The highest BCUT2D eigenvalue weighted by Crippen LogP contribution is 2.45. The Balaban J connectivity index is 5.30. The van der Waals surface area contributed by atoms with Gasteiger partial charge in [-0.3, -0.25) is 18.1 Å². The van der Waals surface area contributed by atoms with Crippen molar-refractivity contribution >= 4 is 31.7 Å². The van der Waals surface area contributed by atoms with Gasteiger partial charge in [0.1, 0.15) is 12.2 Å². The zero-order valence-corrected chi connectivity index (χ0v) is 14.5. The molecule has 140 valence electrons. The zero-order valence-electron chi connectivity index (χ0n) is 10.8. The summed E-state index contributed by atoms with van der Waals surface area (Å²) in [5, 5.41) is 0. The summed E-state index contributed by atoms with van der Waals surface area (Å²) in [5.41, 5.74) is 0. The van der Waals surface area contributed by atoms with Gasteiger partial charge in [-0.2, -0.15) is 0 Å². The van der Waals surface area contributed by atoms with Crippen molar-refractivity contribution in [3.63, 3.8) is 0 Å². The van der Waals surface area contributed by atoms with Crippen molar-refractivity contribution in [2.45, 2.75) is 12.2 Å². The van der Waals surface area contributed by atoms with E-state index in [1.807, 2.05) is 0 Å². The molecule has 0 aliphatic rings. The molecule has 0 rings (SSSR count). The first kappa shape index (κ1) is 23.5. The monoisotopic (exact) mass is 426 g/mol. The number of rotatable bonds is 11. The van der Waals surface area contributed by atoms with Crippen molar-refractivity contribution in [2.75, 3.05) is 13.2 Å². The van der Waals surface area contributed by atoms with E-state index in [1.54, 1.807) is 0 Å². The molecule has 0 heterocycles. The lowest BCUT2D eigenvalue weighted by atomic mass is 10.2. The third-order valence-corrected chi connectivity index (χ3v) is 3.73. The smallest absolute Gasteiger partial charge is 0.326 e. The minimum Gasteiger partial charge on any atom is -0.326 e. The van der Waals surface area contributed by atoms with Crippen molar-refractivity contribution < 1.29 is 70.6 Å². The Morgan fingerprint density at radius 2 is 1.17 bits per heavy atom. The van der Waals surface area contributed by atoms with Crippen LogP contribution < -0.4 is 0 Å². The first-order valence-corrected chi connectivity index (χ1v) is 11.0. The van der Waals surface area contributed by atoms with Gasteiger partial charge in [0, 0.05) is 0 Å². The maximum absolute atomic E-state index is 10.8. The van der Waals surface area contributed by atoms with Crippen LogP contribution in [0.4, 0.5) is 0 Å². The lowest BCUT2D eigenvalue weighted by Gasteiger charge is -2.26. The second kappa shape index (κ2) is 9.25. The fraction of sp³-hybridized carbons (Fsp3) is 1.00. The Hall–Kier alpha value is 0.480. The van der Waals surface area contributed by atoms with Crippen molar-refractivity contribution in [1.29, 1.82) is 0 Å². The summed E-state index contributed by atoms with van der Waals surface area (Å²) in [5.74, 6) is 0. The van der Waals surface area contributed by atoms with Crippen molar-refractivity contribution in [1.82, 2.24) is 0 Å². The summed E-state index contributed by atoms with van der Waals surface area (Å²) in [6.45, 7) is -2.41. The van der Waals surface area contributed by atoms with Gasteiger partial charge < -0.3 is 38.8 Å². The predicted molar refractivity (Wildman–Crippen MR) is 69.0 cm³/mol. The molecule has 0 spiro atoms. The third-order valence-electron chi connectivity index (χ3n) is 1.74. The molecule has 0 aromatic carbocycles. The van der Waals surface area contributed by atoms with Crippen LogP contribution in [0.25, 0.3) is 0 Å². The maximum atomic E-state index is 10.8. The normalized spacial score (nSPS) is 17.7. The lowest BCUT2D eigenvalue weighted by Crippen LogP contribution is -2.37. The third kappa shape index (κ3) is 14.5.